The van der Waals surface area contributed by atoms with Crippen molar-refractivity contribution >= 4 is 58.5 Å². The molecule has 338 valence electrons. The fraction of sp³-hybridized carbons (Fsp3) is 0.156. The molecule has 10 aromatic carbocycles. The van der Waals surface area contributed by atoms with Crippen molar-refractivity contribution < 1.29 is 20.8 Å². The molecule has 1 aliphatic heterocycles. The molecule has 10 aromatic rings. The van der Waals surface area contributed by atoms with Crippen LogP contribution in [0.25, 0.3) is 77.2 Å². The van der Waals surface area contributed by atoms with E-state index in [9.17, 15) is 0 Å². The Morgan fingerprint density at radius 2 is 0.824 bits per heavy atom. The third-order valence-electron chi connectivity index (χ3n) is 12.6. The van der Waals surface area contributed by atoms with Gasteiger partial charge in [-0.05, 0) is 44.2 Å². The van der Waals surface area contributed by atoms with E-state index in [1.807, 2.05) is 6.07 Å². The van der Waals surface area contributed by atoms with Crippen molar-refractivity contribution in [2.45, 2.75) is 66.2 Å². The standard InChI is InChI=1S/2C26H25.C12H7Si.2ClH.Zr/c2*1-18-16-20-14-15-24(26(2,3)4)25(23(20)17-18)22-13-9-8-12-21(22)19-10-6-5-7-11-19;1-3-7-11-9(5-1)10-6-2-4-8-12(10)13-11;;;/h2*5-17H,1-4H3;1-7H;2*1H;/q3*-1;;;+2/p-2. The number of hydrogen-bond acceptors (Lipinski definition) is 0. The Kier molecular flexibility index (Phi) is 15.5. The summed E-state index contributed by atoms with van der Waals surface area (Å²) in [7, 11) is 10.7. The van der Waals surface area contributed by atoms with Gasteiger partial charge in [0, 0.05) is 0 Å². The fourth-order valence-electron chi connectivity index (χ4n) is 9.56. The molecule has 0 spiro atoms. The molecule has 11 rings (SSSR count). The van der Waals surface area contributed by atoms with Crippen LogP contribution in [0, 0.1) is 19.9 Å². The molecule has 1 heterocycles. The van der Waals surface area contributed by atoms with Gasteiger partial charge in [0.1, 0.15) is 0 Å². The second-order valence-electron chi connectivity index (χ2n) is 19.6. The van der Waals surface area contributed by atoms with Gasteiger partial charge in [-0.15, -0.1) is 74.6 Å². The largest absolute Gasteiger partial charge is 0.184 e. The van der Waals surface area contributed by atoms with Gasteiger partial charge in [-0.1, -0.05) is 222 Å². The molecule has 68 heavy (non-hydrogen) atoms. The van der Waals surface area contributed by atoms with Gasteiger partial charge in [-0.2, -0.15) is 41.6 Å². The van der Waals surface area contributed by atoms with Crippen LogP contribution in [0.1, 0.15) is 63.8 Å². The second-order valence-corrected chi connectivity index (χ2v) is 24.6. The van der Waals surface area contributed by atoms with E-state index in [4.69, 9.17) is 17.0 Å². The fourth-order valence-corrected chi connectivity index (χ4v) is 10.9. The smallest absolute Gasteiger partial charge is 0.0920 e. The first kappa shape index (κ1) is 49.1. The summed E-state index contributed by atoms with van der Waals surface area (Å²) in [4.78, 5) is 0. The van der Waals surface area contributed by atoms with Crippen molar-refractivity contribution in [1.82, 2.24) is 0 Å². The zero-order chi connectivity index (χ0) is 48.0. The minimum Gasteiger partial charge on any atom is -0.184 e. The van der Waals surface area contributed by atoms with E-state index in [1.54, 1.807) is 0 Å². The van der Waals surface area contributed by atoms with Gasteiger partial charge in [0.2, 0.25) is 0 Å². The summed E-state index contributed by atoms with van der Waals surface area (Å²) < 4.78 is 0. The summed E-state index contributed by atoms with van der Waals surface area (Å²) in [6.07, 6.45) is 0. The van der Waals surface area contributed by atoms with Gasteiger partial charge >= 0.3 is 37.9 Å². The molecule has 0 amide bonds. The Morgan fingerprint density at radius 3 is 1.26 bits per heavy atom. The third-order valence-corrected chi connectivity index (χ3v) is 13.9. The van der Waals surface area contributed by atoms with Crippen LogP contribution in [0.5, 0.6) is 0 Å². The number of rotatable bonds is 4. The van der Waals surface area contributed by atoms with Gasteiger partial charge < -0.3 is 0 Å². The minimum atomic E-state index is -0.826. The maximum Gasteiger partial charge on any atom is 0.0920 e. The molecule has 0 atom stereocenters. The van der Waals surface area contributed by atoms with Gasteiger partial charge in [-0.25, -0.2) is 0 Å². The molecule has 0 saturated carbocycles. The van der Waals surface area contributed by atoms with E-state index in [2.05, 4.69) is 256 Å². The number of hydrogen-bond donors (Lipinski definition) is 0. The van der Waals surface area contributed by atoms with Crippen molar-refractivity contribution in [2.24, 2.45) is 0 Å². The van der Waals surface area contributed by atoms with Crippen LogP contribution in [0.4, 0.5) is 0 Å². The number of halogens is 2. The average Bonchev–Trinajstić information content (AvgIpc) is 4.05. The van der Waals surface area contributed by atoms with Crippen LogP contribution in [0.15, 0.2) is 200 Å². The molecule has 4 heteroatoms. The van der Waals surface area contributed by atoms with Crippen molar-refractivity contribution in [2.75, 3.05) is 0 Å². The van der Waals surface area contributed by atoms with E-state index in [1.165, 1.54) is 110 Å². The van der Waals surface area contributed by atoms with Gasteiger partial charge in [0.15, 0.2) is 0 Å². The van der Waals surface area contributed by atoms with E-state index in [0.717, 1.165) is 9.52 Å². The van der Waals surface area contributed by atoms with Crippen molar-refractivity contribution in [1.29, 1.82) is 0 Å². The number of aryl methyl sites for hydroxylation is 2. The maximum absolute atomic E-state index is 4.93. The molecule has 1 aliphatic rings. The van der Waals surface area contributed by atoms with Gasteiger partial charge in [-0.3, -0.25) is 0 Å². The number of fused-ring (bicyclic) bond motifs is 5. The SMILES string of the molecule is Cc1cc2c(-c3ccccc3-c3ccccc3)c(C(C)(C)C)ccc2[cH-]1.Cc1cc2c(-c3ccccc3-c3ccccc3)c(C(C)(C)C)ccc2[cH-]1.[Cl][Zr][Cl].[c-]1cccc2c1[Si]c1ccccc1-2. The van der Waals surface area contributed by atoms with E-state index in [-0.39, 0.29) is 10.8 Å². The normalized spacial score (nSPS) is 11.6. The van der Waals surface area contributed by atoms with Crippen LogP contribution in [0.3, 0.4) is 0 Å². The Labute approximate surface area is 426 Å². The monoisotopic (exact) mass is 1010 g/mol. The molecule has 0 bridgehead atoms. The average molecular weight is 1020 g/mol. The Bertz CT molecular complexity index is 3070. The topological polar surface area (TPSA) is 0 Å². The molecular formula is C64H57Cl2SiZr-3. The van der Waals surface area contributed by atoms with E-state index in [0.29, 0.717) is 0 Å². The van der Waals surface area contributed by atoms with Crippen LogP contribution in [-0.2, 0) is 31.7 Å². The molecular weight excluding hydrogens is 959 g/mol. The molecule has 0 N–H and O–H groups in total. The molecule has 0 aliphatic carbocycles. The summed E-state index contributed by atoms with van der Waals surface area (Å²) in [6.45, 7) is 18.2. The summed E-state index contributed by atoms with van der Waals surface area (Å²) in [5.41, 5.74) is 18.9. The maximum atomic E-state index is 4.93. The van der Waals surface area contributed by atoms with Crippen LogP contribution in [0.2, 0.25) is 0 Å². The second kappa shape index (κ2) is 21.5. The predicted molar refractivity (Wildman–Crippen MR) is 295 cm³/mol. The van der Waals surface area contributed by atoms with E-state index < -0.39 is 20.8 Å². The quantitative estimate of drug-likeness (QED) is 0.122. The summed E-state index contributed by atoms with van der Waals surface area (Å²) in [6, 6.07) is 75.6. The van der Waals surface area contributed by atoms with Crippen molar-refractivity contribution in [3.05, 3.63) is 229 Å². The van der Waals surface area contributed by atoms with Crippen LogP contribution < -0.4 is 10.4 Å². The first-order chi connectivity index (χ1) is 32.8. The molecule has 0 nitrogen and oxygen atoms in total. The van der Waals surface area contributed by atoms with Crippen molar-refractivity contribution in [3.63, 3.8) is 0 Å². The molecule has 0 unspecified atom stereocenters. The Morgan fingerprint density at radius 1 is 0.441 bits per heavy atom. The van der Waals surface area contributed by atoms with Crippen LogP contribution in [-0.4, -0.2) is 9.52 Å². The van der Waals surface area contributed by atoms with Crippen LogP contribution >= 0.6 is 17.0 Å². The first-order valence-electron chi connectivity index (χ1n) is 23.3. The van der Waals surface area contributed by atoms with Gasteiger partial charge in [0.05, 0.1) is 9.52 Å². The summed E-state index contributed by atoms with van der Waals surface area (Å²) >= 11 is -0.826. The summed E-state index contributed by atoms with van der Waals surface area (Å²) in [5, 5.41) is 8.20. The molecule has 0 fully saturated rings. The number of benzene rings is 8. The Hall–Kier alpha value is -5.34. The predicted octanol–water partition coefficient (Wildman–Crippen LogP) is 17.5. The van der Waals surface area contributed by atoms with E-state index >= 15 is 0 Å². The first-order valence-corrected chi connectivity index (χ1v) is 30.6. The van der Waals surface area contributed by atoms with Gasteiger partial charge in [0.25, 0.3) is 0 Å². The summed E-state index contributed by atoms with van der Waals surface area (Å²) in [5.74, 6) is 0. The Balaban J connectivity index is 0.000000140. The third kappa shape index (κ3) is 10.9. The van der Waals surface area contributed by atoms with Crippen molar-refractivity contribution in [3.8, 4) is 55.6 Å². The molecule has 2 radical (unpaired) electrons. The zero-order valence-electron chi connectivity index (χ0n) is 40.3. The molecule has 0 aromatic heterocycles. The molecule has 0 saturated heterocycles. The zero-order valence-corrected chi connectivity index (χ0v) is 45.3. The minimum absolute atomic E-state index is 0.0818.